The molecule has 1 N–H and O–H groups in total. The fraction of sp³-hybridized carbons (Fsp3) is 0.241. The first-order chi connectivity index (χ1) is 16.1. The highest BCUT2D eigenvalue weighted by Crippen LogP contribution is 2.35. The molecule has 1 aliphatic heterocycles. The second-order valence-corrected chi connectivity index (χ2v) is 9.18. The largest absolute Gasteiger partial charge is 0.491 e. The third kappa shape index (κ3) is 4.60. The molecule has 3 aromatic rings. The summed E-state index contributed by atoms with van der Waals surface area (Å²) >= 11 is 0. The van der Waals surface area contributed by atoms with Crippen molar-refractivity contribution in [1.82, 2.24) is 0 Å². The van der Waals surface area contributed by atoms with Crippen molar-refractivity contribution in [2.75, 3.05) is 10.2 Å². The lowest BCUT2D eigenvalue weighted by Gasteiger charge is -2.17. The van der Waals surface area contributed by atoms with Gasteiger partial charge in [0.05, 0.1) is 17.4 Å². The molecule has 0 unspecified atom stereocenters. The highest BCUT2D eigenvalue weighted by Gasteiger charge is 2.40. The van der Waals surface area contributed by atoms with Crippen molar-refractivity contribution in [3.8, 4) is 5.75 Å². The molecule has 0 bridgehead atoms. The first-order valence-corrected chi connectivity index (χ1v) is 11.5. The van der Waals surface area contributed by atoms with E-state index in [1.165, 1.54) is 4.90 Å². The topological polar surface area (TPSA) is 58.6 Å². The number of ether oxygens (including phenoxy) is 1. The lowest BCUT2D eigenvalue weighted by atomic mass is 10.0. The Labute approximate surface area is 201 Å². The molecule has 0 spiro atoms. The fourth-order valence-electron chi connectivity index (χ4n) is 4.21. The van der Waals surface area contributed by atoms with Crippen LogP contribution in [0.3, 0.4) is 0 Å². The number of amides is 2. The Hall–Kier alpha value is -3.86. The van der Waals surface area contributed by atoms with E-state index in [2.05, 4.69) is 5.32 Å². The Morgan fingerprint density at radius 3 is 2.03 bits per heavy atom. The zero-order valence-electron chi connectivity index (χ0n) is 20.5. The molecule has 2 amide bonds. The van der Waals surface area contributed by atoms with Crippen LogP contribution in [0.15, 0.2) is 66.4 Å². The predicted molar refractivity (Wildman–Crippen MR) is 137 cm³/mol. The number of imide groups is 1. The van der Waals surface area contributed by atoms with Crippen LogP contribution in [-0.4, -0.2) is 17.9 Å². The van der Waals surface area contributed by atoms with Crippen LogP contribution in [0.2, 0.25) is 0 Å². The summed E-state index contributed by atoms with van der Waals surface area (Å²) in [6, 6.07) is 19.1. The molecule has 0 fully saturated rings. The number of hydrogen-bond donors (Lipinski definition) is 1. The molecule has 0 atom stereocenters. The SMILES string of the molecule is Cc1cc(C)cc(N2C(=O)C(Nc3cc(C)ccc3C)=C(c3ccc(OC(C)C)cc3)C2=O)c1. The Morgan fingerprint density at radius 1 is 0.765 bits per heavy atom. The molecule has 1 heterocycles. The molecule has 174 valence electrons. The van der Waals surface area contributed by atoms with Gasteiger partial charge in [-0.25, -0.2) is 4.90 Å². The van der Waals surface area contributed by atoms with Gasteiger partial charge in [0.1, 0.15) is 11.4 Å². The van der Waals surface area contributed by atoms with Crippen molar-refractivity contribution < 1.29 is 14.3 Å². The normalized spacial score (nSPS) is 13.8. The lowest BCUT2D eigenvalue weighted by molar-refractivity contribution is -0.120. The van der Waals surface area contributed by atoms with Crippen LogP contribution in [0.4, 0.5) is 11.4 Å². The zero-order valence-corrected chi connectivity index (χ0v) is 20.5. The van der Waals surface area contributed by atoms with Gasteiger partial charge < -0.3 is 10.1 Å². The van der Waals surface area contributed by atoms with Gasteiger partial charge in [-0.15, -0.1) is 0 Å². The summed E-state index contributed by atoms with van der Waals surface area (Å²) in [4.78, 5) is 28.7. The number of carbonyl (C=O) groups excluding carboxylic acids is 2. The van der Waals surface area contributed by atoms with E-state index in [0.717, 1.165) is 27.9 Å². The highest BCUT2D eigenvalue weighted by atomic mass is 16.5. The number of hydrogen-bond acceptors (Lipinski definition) is 4. The molecule has 0 saturated carbocycles. The molecule has 5 nitrogen and oxygen atoms in total. The minimum atomic E-state index is -0.367. The van der Waals surface area contributed by atoms with Crippen molar-refractivity contribution in [3.05, 3.63) is 94.2 Å². The Bertz CT molecular complexity index is 1280. The van der Waals surface area contributed by atoms with Crippen LogP contribution in [-0.2, 0) is 9.59 Å². The summed E-state index contributed by atoms with van der Waals surface area (Å²) in [7, 11) is 0. The molecule has 0 radical (unpaired) electrons. The summed E-state index contributed by atoms with van der Waals surface area (Å²) in [6.07, 6.45) is 0.0429. The summed E-state index contributed by atoms with van der Waals surface area (Å²) < 4.78 is 5.75. The van der Waals surface area contributed by atoms with E-state index in [4.69, 9.17) is 4.74 Å². The van der Waals surface area contributed by atoms with Crippen molar-refractivity contribution in [2.45, 2.75) is 47.6 Å². The van der Waals surface area contributed by atoms with E-state index in [1.54, 1.807) is 0 Å². The Kier molecular flexibility index (Phi) is 6.29. The lowest BCUT2D eigenvalue weighted by Crippen LogP contribution is -2.32. The van der Waals surface area contributed by atoms with Crippen LogP contribution in [0.1, 0.15) is 41.7 Å². The first kappa shape index (κ1) is 23.3. The summed E-state index contributed by atoms with van der Waals surface area (Å²) in [6.45, 7) is 11.8. The van der Waals surface area contributed by atoms with Gasteiger partial charge in [0.15, 0.2) is 0 Å². The molecule has 4 rings (SSSR count). The van der Waals surface area contributed by atoms with Gasteiger partial charge in [-0.2, -0.15) is 0 Å². The number of nitrogens with zero attached hydrogens (tertiary/aromatic N) is 1. The summed E-state index contributed by atoms with van der Waals surface area (Å²) in [5.74, 6) is 0.0000671. The molecular weight excluding hydrogens is 424 g/mol. The monoisotopic (exact) mass is 454 g/mol. The smallest absolute Gasteiger partial charge is 0.282 e. The quantitative estimate of drug-likeness (QED) is 0.457. The van der Waals surface area contributed by atoms with Crippen molar-refractivity contribution in [3.63, 3.8) is 0 Å². The van der Waals surface area contributed by atoms with Gasteiger partial charge in [-0.1, -0.05) is 30.3 Å². The van der Waals surface area contributed by atoms with Crippen LogP contribution in [0.5, 0.6) is 5.75 Å². The van der Waals surface area contributed by atoms with E-state index in [1.807, 2.05) is 102 Å². The maximum absolute atomic E-state index is 13.7. The fourth-order valence-corrected chi connectivity index (χ4v) is 4.21. The maximum atomic E-state index is 13.7. The molecule has 0 aromatic heterocycles. The average molecular weight is 455 g/mol. The zero-order chi connectivity index (χ0) is 24.6. The van der Waals surface area contributed by atoms with E-state index < -0.39 is 0 Å². The Morgan fingerprint density at radius 2 is 1.41 bits per heavy atom. The van der Waals surface area contributed by atoms with Crippen LogP contribution < -0.4 is 15.0 Å². The van der Waals surface area contributed by atoms with Gasteiger partial charge in [0, 0.05) is 5.69 Å². The molecule has 1 aliphatic rings. The van der Waals surface area contributed by atoms with Crippen molar-refractivity contribution in [2.24, 2.45) is 0 Å². The van der Waals surface area contributed by atoms with Gasteiger partial charge in [0.2, 0.25) is 0 Å². The van der Waals surface area contributed by atoms with Crippen LogP contribution >= 0.6 is 0 Å². The van der Waals surface area contributed by atoms with Gasteiger partial charge >= 0.3 is 0 Å². The molecule has 0 aliphatic carbocycles. The van der Waals surface area contributed by atoms with Crippen molar-refractivity contribution in [1.29, 1.82) is 0 Å². The van der Waals surface area contributed by atoms with Gasteiger partial charge in [-0.05, 0) is 99.7 Å². The van der Waals surface area contributed by atoms with Crippen LogP contribution in [0, 0.1) is 27.7 Å². The minimum Gasteiger partial charge on any atom is -0.491 e. The standard InChI is InChI=1S/C29H30N2O3/c1-17(2)34-24-11-9-22(10-12-24)26-27(30-25-16-18(3)7-8-21(25)6)29(33)31(28(26)32)23-14-19(4)13-20(5)15-23/h7-17,30H,1-6H3. The summed E-state index contributed by atoms with van der Waals surface area (Å²) in [5.41, 5.74) is 6.69. The average Bonchev–Trinajstić information content (AvgIpc) is 3.00. The van der Waals surface area contributed by atoms with Crippen molar-refractivity contribution >= 4 is 28.8 Å². The van der Waals surface area contributed by atoms with E-state index in [9.17, 15) is 9.59 Å². The summed E-state index contributed by atoms with van der Waals surface area (Å²) in [5, 5.41) is 3.29. The number of benzene rings is 3. The molecule has 0 saturated heterocycles. The number of anilines is 2. The van der Waals surface area contributed by atoms with Crippen LogP contribution in [0.25, 0.3) is 5.57 Å². The minimum absolute atomic E-state index is 0.0429. The van der Waals surface area contributed by atoms with E-state index in [0.29, 0.717) is 22.6 Å². The second kappa shape index (κ2) is 9.18. The number of aryl methyl sites for hydroxylation is 4. The third-order valence-electron chi connectivity index (χ3n) is 5.72. The Balaban J connectivity index is 1.82. The van der Waals surface area contributed by atoms with Gasteiger partial charge in [-0.3, -0.25) is 9.59 Å². The third-order valence-corrected chi connectivity index (χ3v) is 5.72. The number of rotatable bonds is 6. The molecule has 34 heavy (non-hydrogen) atoms. The highest BCUT2D eigenvalue weighted by molar-refractivity contribution is 6.46. The van der Waals surface area contributed by atoms with E-state index in [-0.39, 0.29) is 23.6 Å². The first-order valence-electron chi connectivity index (χ1n) is 11.5. The molecular formula is C29H30N2O3. The maximum Gasteiger partial charge on any atom is 0.282 e. The van der Waals surface area contributed by atoms with E-state index >= 15 is 0 Å². The second-order valence-electron chi connectivity index (χ2n) is 9.18. The number of nitrogens with one attached hydrogen (secondary N) is 1. The predicted octanol–water partition coefficient (Wildman–Crippen LogP) is 6.10. The molecule has 5 heteroatoms. The molecule has 3 aromatic carbocycles. The number of carbonyl (C=O) groups is 2. The van der Waals surface area contributed by atoms with Gasteiger partial charge in [0.25, 0.3) is 11.8 Å².